The van der Waals surface area contributed by atoms with Crippen LogP contribution in [0.2, 0.25) is 0 Å². The predicted molar refractivity (Wildman–Crippen MR) is 57.1 cm³/mol. The molecule has 0 unspecified atom stereocenters. The summed E-state index contributed by atoms with van der Waals surface area (Å²) in [4.78, 5) is 21.2. The molecule has 80 valence electrons. The molecule has 0 saturated heterocycles. The highest BCUT2D eigenvalue weighted by Gasteiger charge is 2.03. The first-order chi connectivity index (χ1) is 6.99. The van der Waals surface area contributed by atoms with Gasteiger partial charge in [-0.2, -0.15) is 0 Å². The molecule has 0 spiro atoms. The average molecular weight is 208 g/mol. The van der Waals surface area contributed by atoms with E-state index in [2.05, 4.69) is 10.6 Å². The lowest BCUT2D eigenvalue weighted by Crippen LogP contribution is -2.10. The Bertz CT molecular complexity index is 402. The van der Waals surface area contributed by atoms with Crippen molar-refractivity contribution < 1.29 is 14.7 Å². The Morgan fingerprint density at radius 2 is 1.93 bits per heavy atom. The molecule has 0 aromatic heterocycles. The second kappa shape index (κ2) is 4.45. The van der Waals surface area contributed by atoms with Gasteiger partial charge < -0.3 is 10.4 Å². The smallest absolute Gasteiger partial charge is 0.409 e. The molecule has 5 heteroatoms. The number of rotatable bonds is 2. The molecule has 0 atom stereocenters. The standard InChI is InChI=1S/C10H12N2O3/c1-6-3-4-8(12-10(14)15)5-9(6)11-7(2)13/h3-5,12H,1-2H3,(H,11,13)(H,14,15). The SMILES string of the molecule is CC(=O)Nc1cc(NC(=O)O)ccc1C. The molecule has 1 aromatic rings. The molecule has 0 saturated carbocycles. The maximum atomic E-state index is 10.9. The topological polar surface area (TPSA) is 78.4 Å². The summed E-state index contributed by atoms with van der Waals surface area (Å²) in [6.45, 7) is 3.23. The lowest BCUT2D eigenvalue weighted by atomic mass is 10.2. The minimum absolute atomic E-state index is 0.189. The number of nitrogens with one attached hydrogen (secondary N) is 2. The van der Waals surface area contributed by atoms with Crippen molar-refractivity contribution in [3.8, 4) is 0 Å². The van der Waals surface area contributed by atoms with Crippen molar-refractivity contribution in [2.75, 3.05) is 10.6 Å². The molecular formula is C10H12N2O3. The van der Waals surface area contributed by atoms with Gasteiger partial charge in [0.05, 0.1) is 0 Å². The summed E-state index contributed by atoms with van der Waals surface area (Å²) in [7, 11) is 0. The molecule has 0 radical (unpaired) electrons. The van der Waals surface area contributed by atoms with Gasteiger partial charge in [0.1, 0.15) is 0 Å². The van der Waals surface area contributed by atoms with Crippen LogP contribution in [-0.4, -0.2) is 17.1 Å². The van der Waals surface area contributed by atoms with Crippen molar-refractivity contribution >= 4 is 23.4 Å². The Morgan fingerprint density at radius 3 is 2.47 bits per heavy atom. The average Bonchev–Trinajstić information content (AvgIpc) is 2.09. The summed E-state index contributed by atoms with van der Waals surface area (Å²) in [5.74, 6) is -0.189. The summed E-state index contributed by atoms with van der Waals surface area (Å²) in [6, 6.07) is 4.94. The fourth-order valence-corrected chi connectivity index (χ4v) is 1.15. The van der Waals surface area contributed by atoms with Crippen molar-refractivity contribution in [1.82, 2.24) is 0 Å². The van der Waals surface area contributed by atoms with Gasteiger partial charge in [-0.3, -0.25) is 10.1 Å². The maximum Gasteiger partial charge on any atom is 0.409 e. The van der Waals surface area contributed by atoms with Crippen LogP contribution in [0.5, 0.6) is 0 Å². The van der Waals surface area contributed by atoms with Crippen molar-refractivity contribution in [2.45, 2.75) is 13.8 Å². The zero-order valence-corrected chi connectivity index (χ0v) is 8.50. The van der Waals surface area contributed by atoms with Gasteiger partial charge in [0.25, 0.3) is 0 Å². The summed E-state index contributed by atoms with van der Waals surface area (Å²) in [6.07, 6.45) is -1.13. The van der Waals surface area contributed by atoms with Crippen molar-refractivity contribution in [3.63, 3.8) is 0 Å². The van der Waals surface area contributed by atoms with Crippen LogP contribution in [0.1, 0.15) is 12.5 Å². The van der Waals surface area contributed by atoms with E-state index in [-0.39, 0.29) is 5.91 Å². The molecule has 5 nitrogen and oxygen atoms in total. The number of hydrogen-bond donors (Lipinski definition) is 3. The van der Waals surface area contributed by atoms with Crippen LogP contribution in [0, 0.1) is 6.92 Å². The lowest BCUT2D eigenvalue weighted by Gasteiger charge is -2.08. The fourth-order valence-electron chi connectivity index (χ4n) is 1.15. The lowest BCUT2D eigenvalue weighted by molar-refractivity contribution is -0.114. The third-order valence-corrected chi connectivity index (χ3v) is 1.80. The minimum atomic E-state index is -1.13. The molecule has 15 heavy (non-hydrogen) atoms. The highest BCUT2D eigenvalue weighted by Crippen LogP contribution is 2.20. The number of aryl methyl sites for hydroxylation is 1. The molecule has 0 aliphatic heterocycles. The van der Waals surface area contributed by atoms with E-state index in [1.165, 1.54) is 6.92 Å². The monoisotopic (exact) mass is 208 g/mol. The van der Waals surface area contributed by atoms with Crippen LogP contribution >= 0.6 is 0 Å². The number of carboxylic acid groups (broad SMARTS) is 1. The molecule has 0 heterocycles. The van der Waals surface area contributed by atoms with Crippen molar-refractivity contribution in [3.05, 3.63) is 23.8 Å². The highest BCUT2D eigenvalue weighted by molar-refractivity contribution is 5.91. The number of carbonyl (C=O) groups excluding carboxylic acids is 1. The zero-order chi connectivity index (χ0) is 11.4. The van der Waals surface area contributed by atoms with Gasteiger partial charge in [-0.15, -0.1) is 0 Å². The molecule has 0 aliphatic rings. The fraction of sp³-hybridized carbons (Fsp3) is 0.200. The zero-order valence-electron chi connectivity index (χ0n) is 8.50. The molecule has 0 fully saturated rings. The van der Waals surface area contributed by atoms with E-state index >= 15 is 0 Å². The second-order valence-corrected chi connectivity index (χ2v) is 3.14. The van der Waals surface area contributed by atoms with Crippen LogP contribution < -0.4 is 10.6 Å². The van der Waals surface area contributed by atoms with E-state index in [1.54, 1.807) is 18.2 Å². The summed E-state index contributed by atoms with van der Waals surface area (Å²) < 4.78 is 0. The molecule has 1 aromatic carbocycles. The van der Waals surface area contributed by atoms with Crippen LogP contribution in [-0.2, 0) is 4.79 Å². The van der Waals surface area contributed by atoms with Crippen LogP contribution in [0.4, 0.5) is 16.2 Å². The number of benzene rings is 1. The molecule has 3 N–H and O–H groups in total. The van der Waals surface area contributed by atoms with E-state index < -0.39 is 6.09 Å². The largest absolute Gasteiger partial charge is 0.465 e. The van der Waals surface area contributed by atoms with E-state index in [0.29, 0.717) is 11.4 Å². The van der Waals surface area contributed by atoms with Gasteiger partial charge in [0, 0.05) is 18.3 Å². The predicted octanol–water partition coefficient (Wildman–Crippen LogP) is 2.04. The van der Waals surface area contributed by atoms with Crippen LogP contribution in [0.15, 0.2) is 18.2 Å². The highest BCUT2D eigenvalue weighted by atomic mass is 16.4. The number of amides is 2. The van der Waals surface area contributed by atoms with Gasteiger partial charge in [-0.05, 0) is 24.6 Å². The van der Waals surface area contributed by atoms with E-state index in [1.807, 2.05) is 6.92 Å². The Labute approximate surface area is 87.1 Å². The Morgan fingerprint density at radius 1 is 1.27 bits per heavy atom. The van der Waals surface area contributed by atoms with Gasteiger partial charge in [-0.25, -0.2) is 4.79 Å². The Hall–Kier alpha value is -2.04. The van der Waals surface area contributed by atoms with E-state index in [4.69, 9.17) is 5.11 Å². The Balaban J connectivity index is 2.94. The molecule has 0 aliphatic carbocycles. The summed E-state index contributed by atoms with van der Waals surface area (Å²) >= 11 is 0. The normalized spacial score (nSPS) is 9.47. The van der Waals surface area contributed by atoms with Gasteiger partial charge in [0.15, 0.2) is 0 Å². The Kier molecular flexibility index (Phi) is 3.28. The van der Waals surface area contributed by atoms with Crippen molar-refractivity contribution in [2.24, 2.45) is 0 Å². The van der Waals surface area contributed by atoms with Crippen LogP contribution in [0.25, 0.3) is 0 Å². The maximum absolute atomic E-state index is 10.9. The van der Waals surface area contributed by atoms with Gasteiger partial charge in [-0.1, -0.05) is 6.07 Å². The molecule has 0 bridgehead atoms. The molecule has 1 rings (SSSR count). The molecule has 2 amide bonds. The quantitative estimate of drug-likeness (QED) is 0.695. The first-order valence-electron chi connectivity index (χ1n) is 4.37. The third-order valence-electron chi connectivity index (χ3n) is 1.80. The number of anilines is 2. The first-order valence-corrected chi connectivity index (χ1v) is 4.37. The molecular weight excluding hydrogens is 196 g/mol. The minimum Gasteiger partial charge on any atom is -0.465 e. The van der Waals surface area contributed by atoms with Gasteiger partial charge >= 0.3 is 6.09 Å². The summed E-state index contributed by atoms with van der Waals surface area (Å²) in [5.41, 5.74) is 1.91. The first kappa shape index (κ1) is 11.0. The van der Waals surface area contributed by atoms with Crippen molar-refractivity contribution in [1.29, 1.82) is 0 Å². The number of hydrogen-bond acceptors (Lipinski definition) is 2. The van der Waals surface area contributed by atoms with E-state index in [9.17, 15) is 9.59 Å². The van der Waals surface area contributed by atoms with E-state index in [0.717, 1.165) is 5.56 Å². The second-order valence-electron chi connectivity index (χ2n) is 3.14. The summed E-state index contributed by atoms with van der Waals surface area (Å²) in [5, 5.41) is 13.3. The number of carbonyl (C=O) groups is 2. The van der Waals surface area contributed by atoms with Crippen LogP contribution in [0.3, 0.4) is 0 Å². The van der Waals surface area contributed by atoms with Gasteiger partial charge in [0.2, 0.25) is 5.91 Å². The third kappa shape index (κ3) is 3.30.